The van der Waals surface area contributed by atoms with Crippen LogP contribution in [0.4, 0.5) is 0 Å². The summed E-state index contributed by atoms with van der Waals surface area (Å²) in [6, 6.07) is 1.02. The molecule has 1 N–H and O–H groups in total. The summed E-state index contributed by atoms with van der Waals surface area (Å²) in [4.78, 5) is 8.66. The Hall–Kier alpha value is -0.380. The van der Waals surface area contributed by atoms with Crippen LogP contribution >= 0.6 is 11.8 Å². The summed E-state index contributed by atoms with van der Waals surface area (Å²) in [7, 11) is 0. The van der Waals surface area contributed by atoms with E-state index in [1.807, 2.05) is 11.8 Å². The Morgan fingerprint density at radius 3 is 2.16 bits per heavy atom. The molecule has 3 nitrogen and oxygen atoms in total. The number of nitrogens with zero attached hydrogens (tertiary/aromatic N) is 2. The average molecular weight is 283 g/mol. The molecule has 2 rings (SSSR count). The first-order valence-corrected chi connectivity index (χ1v) is 8.97. The SMILES string of the molecule is [OH+]=CCSCC1CCC(N=NC2CCCCC2)CC1. The maximum absolute atomic E-state index is 8.66. The van der Waals surface area contributed by atoms with Gasteiger partial charge < -0.3 is 0 Å². The Kier molecular flexibility index (Phi) is 6.90. The van der Waals surface area contributed by atoms with Crippen molar-refractivity contribution in [2.75, 3.05) is 11.5 Å². The Bertz CT molecular complexity index is 282. The van der Waals surface area contributed by atoms with Gasteiger partial charge in [0.2, 0.25) is 0 Å². The van der Waals surface area contributed by atoms with Crippen molar-refractivity contribution in [2.45, 2.75) is 69.9 Å². The number of carbonyl (C=O) groups excluding carboxylic acids is 1. The highest BCUT2D eigenvalue weighted by molar-refractivity contribution is 7.99. The first kappa shape index (κ1) is 15.0. The summed E-state index contributed by atoms with van der Waals surface area (Å²) in [5, 5.41) is 9.20. The summed E-state index contributed by atoms with van der Waals surface area (Å²) in [6.45, 7) is 0. The second kappa shape index (κ2) is 8.72. The third-order valence-corrected chi connectivity index (χ3v) is 5.42. The fourth-order valence-corrected chi connectivity index (χ4v) is 4.01. The molecular weight excluding hydrogens is 256 g/mol. The minimum absolute atomic E-state index is 0.493. The lowest BCUT2D eigenvalue weighted by Gasteiger charge is -2.25. The van der Waals surface area contributed by atoms with Gasteiger partial charge in [0.05, 0.1) is 12.1 Å². The molecule has 0 aromatic carbocycles. The van der Waals surface area contributed by atoms with Gasteiger partial charge in [0.15, 0.2) is 0 Å². The zero-order valence-corrected chi connectivity index (χ0v) is 12.7. The molecule has 19 heavy (non-hydrogen) atoms. The molecule has 4 heteroatoms. The van der Waals surface area contributed by atoms with Crippen molar-refractivity contribution in [1.29, 1.82) is 0 Å². The summed E-state index contributed by atoms with van der Waals surface area (Å²) in [6.07, 6.45) is 12.8. The van der Waals surface area contributed by atoms with Gasteiger partial charge in [-0.25, -0.2) is 0 Å². The lowest BCUT2D eigenvalue weighted by molar-refractivity contribution is 0.336. The third-order valence-electron chi connectivity index (χ3n) is 4.33. The van der Waals surface area contributed by atoms with Gasteiger partial charge in [-0.1, -0.05) is 19.3 Å². The van der Waals surface area contributed by atoms with E-state index in [1.54, 1.807) is 0 Å². The maximum Gasteiger partial charge on any atom is 0.291 e. The van der Waals surface area contributed by atoms with Crippen LogP contribution in [0.25, 0.3) is 0 Å². The van der Waals surface area contributed by atoms with Crippen LogP contribution in [0.1, 0.15) is 57.8 Å². The van der Waals surface area contributed by atoms with Gasteiger partial charge in [-0.2, -0.15) is 10.2 Å². The Morgan fingerprint density at radius 1 is 0.895 bits per heavy atom. The van der Waals surface area contributed by atoms with Crippen LogP contribution in [0, 0.1) is 5.92 Å². The predicted molar refractivity (Wildman–Crippen MR) is 82.8 cm³/mol. The monoisotopic (exact) mass is 283 g/mol. The van der Waals surface area contributed by atoms with Gasteiger partial charge in [-0.3, -0.25) is 4.79 Å². The van der Waals surface area contributed by atoms with Crippen LogP contribution < -0.4 is 0 Å². The fraction of sp³-hybridized carbons (Fsp3) is 0.933. The molecule has 0 saturated heterocycles. The van der Waals surface area contributed by atoms with Crippen LogP contribution in [0.5, 0.6) is 0 Å². The number of rotatable bonds is 6. The Balaban J connectivity index is 1.62. The van der Waals surface area contributed by atoms with Crippen molar-refractivity contribution in [2.24, 2.45) is 16.1 Å². The molecule has 2 aliphatic rings. The molecule has 2 aliphatic carbocycles. The minimum Gasteiger partial charge on any atom is -0.286 e. The third kappa shape index (κ3) is 5.64. The van der Waals surface area contributed by atoms with Gasteiger partial charge >= 0.3 is 0 Å². The molecule has 0 radical (unpaired) electrons. The first-order chi connectivity index (χ1) is 9.38. The normalized spacial score (nSPS) is 29.7. The van der Waals surface area contributed by atoms with Crippen molar-refractivity contribution in [3.63, 3.8) is 0 Å². The molecule has 0 atom stereocenters. The van der Waals surface area contributed by atoms with E-state index < -0.39 is 0 Å². The molecule has 2 fully saturated rings. The molecular formula is C15H27N2OS+. The molecule has 2 saturated carbocycles. The molecule has 0 aromatic rings. The van der Waals surface area contributed by atoms with Crippen molar-refractivity contribution in [1.82, 2.24) is 0 Å². The smallest absolute Gasteiger partial charge is 0.286 e. The summed E-state index contributed by atoms with van der Waals surface area (Å²) in [5.41, 5.74) is 0. The van der Waals surface area contributed by atoms with Crippen molar-refractivity contribution < 1.29 is 4.79 Å². The number of thioether (sulfide) groups is 1. The number of hydrogen-bond acceptors (Lipinski definition) is 3. The van der Waals surface area contributed by atoms with Gasteiger partial charge in [-0.05, 0) is 50.2 Å². The molecule has 0 bridgehead atoms. The van der Waals surface area contributed by atoms with Gasteiger partial charge in [0, 0.05) is 0 Å². The lowest BCUT2D eigenvalue weighted by Crippen LogP contribution is -2.19. The zero-order valence-electron chi connectivity index (χ0n) is 11.8. The second-order valence-corrected chi connectivity index (χ2v) is 6.99. The van der Waals surface area contributed by atoms with Gasteiger partial charge in [0.1, 0.15) is 5.75 Å². The topological polar surface area (TPSA) is 46.1 Å². The van der Waals surface area contributed by atoms with Crippen molar-refractivity contribution in [3.8, 4) is 0 Å². The van der Waals surface area contributed by atoms with Crippen LogP contribution in [-0.2, 0) is 0 Å². The van der Waals surface area contributed by atoms with E-state index >= 15 is 0 Å². The second-order valence-electron chi connectivity index (χ2n) is 5.92. The van der Waals surface area contributed by atoms with E-state index in [0.29, 0.717) is 12.1 Å². The molecule has 0 aliphatic heterocycles. The molecule has 0 amide bonds. The highest BCUT2D eigenvalue weighted by atomic mass is 32.2. The average Bonchev–Trinajstić information content (AvgIpc) is 2.48. The van der Waals surface area contributed by atoms with Crippen LogP contribution in [-0.4, -0.2) is 34.7 Å². The van der Waals surface area contributed by atoms with E-state index in [1.165, 1.54) is 69.8 Å². The maximum atomic E-state index is 8.66. The predicted octanol–water partition coefficient (Wildman–Crippen LogP) is 4.24. The van der Waals surface area contributed by atoms with Gasteiger partial charge in [0.25, 0.3) is 6.29 Å². The van der Waals surface area contributed by atoms with Crippen LogP contribution in [0.2, 0.25) is 0 Å². The summed E-state index contributed by atoms with van der Waals surface area (Å²) in [5.74, 6) is 2.77. The van der Waals surface area contributed by atoms with E-state index in [-0.39, 0.29) is 0 Å². The highest BCUT2D eigenvalue weighted by Gasteiger charge is 2.21. The van der Waals surface area contributed by atoms with Gasteiger partial charge in [-0.15, -0.1) is 11.8 Å². The molecule has 0 spiro atoms. The van der Waals surface area contributed by atoms with Crippen LogP contribution in [0.15, 0.2) is 10.2 Å². The Morgan fingerprint density at radius 2 is 1.53 bits per heavy atom. The Labute approximate surface area is 121 Å². The van der Waals surface area contributed by atoms with E-state index in [9.17, 15) is 0 Å². The van der Waals surface area contributed by atoms with E-state index in [0.717, 1.165) is 11.7 Å². The largest absolute Gasteiger partial charge is 0.291 e. The first-order valence-electron chi connectivity index (χ1n) is 7.82. The van der Waals surface area contributed by atoms with Crippen molar-refractivity contribution >= 4 is 18.0 Å². The van der Waals surface area contributed by atoms with Crippen molar-refractivity contribution in [3.05, 3.63) is 0 Å². The molecule has 108 valence electrons. The number of aldehydes is 1. The number of azo groups is 1. The standard InChI is InChI=1S/C15H26N2OS/c18-10-11-19-12-13-6-8-15(9-7-13)17-16-14-4-2-1-3-5-14/h10,13-15H,1-9,11-12H2/p+1. The fourth-order valence-electron chi connectivity index (χ4n) is 3.10. The van der Waals surface area contributed by atoms with E-state index in [2.05, 4.69) is 10.2 Å². The quantitative estimate of drug-likeness (QED) is 0.311. The minimum atomic E-state index is 0.493. The van der Waals surface area contributed by atoms with Crippen LogP contribution in [0.3, 0.4) is 0 Å². The summed E-state index contributed by atoms with van der Waals surface area (Å²) < 4.78 is 0. The number of hydrogen-bond donors (Lipinski definition) is 0. The lowest BCUT2D eigenvalue weighted by atomic mass is 9.88. The zero-order chi connectivity index (χ0) is 13.3. The van der Waals surface area contributed by atoms with E-state index in [4.69, 9.17) is 4.79 Å². The summed E-state index contributed by atoms with van der Waals surface area (Å²) >= 11 is 1.84. The molecule has 0 unspecified atom stereocenters. The molecule has 0 heterocycles. The highest BCUT2D eigenvalue weighted by Crippen LogP contribution is 2.29. The molecule has 0 aromatic heterocycles.